The second kappa shape index (κ2) is 12.3. The fourth-order valence-corrected chi connectivity index (χ4v) is 3.51. The molecule has 0 bridgehead atoms. The third-order valence-electron chi connectivity index (χ3n) is 5.00. The Hall–Kier alpha value is -2.33. The molecule has 0 radical (unpaired) electrons. The van der Waals surface area contributed by atoms with Gasteiger partial charge in [-0.05, 0) is 36.5 Å². The lowest BCUT2D eigenvalue weighted by Gasteiger charge is -2.31. The monoisotopic (exact) mass is 414 g/mol. The van der Waals surface area contributed by atoms with Gasteiger partial charge in [-0.25, -0.2) is 0 Å². The SMILES string of the molecule is CCCCNC(=O)[C@@H](CC)N(CCc1ccccc1)C(=O)Cc1ccccc1Cl. The minimum atomic E-state index is -0.481. The third-order valence-corrected chi connectivity index (χ3v) is 5.37. The van der Waals surface area contributed by atoms with Crippen molar-refractivity contribution in [1.82, 2.24) is 10.2 Å². The highest BCUT2D eigenvalue weighted by molar-refractivity contribution is 6.31. The highest BCUT2D eigenvalue weighted by Gasteiger charge is 2.28. The van der Waals surface area contributed by atoms with E-state index in [4.69, 9.17) is 11.6 Å². The number of unbranched alkanes of at least 4 members (excludes halogenated alkanes) is 1. The molecule has 1 atom stereocenters. The predicted octanol–water partition coefficient (Wildman–Crippen LogP) is 4.65. The Labute approximate surface area is 179 Å². The summed E-state index contributed by atoms with van der Waals surface area (Å²) >= 11 is 6.26. The lowest BCUT2D eigenvalue weighted by Crippen LogP contribution is -2.50. The van der Waals surface area contributed by atoms with E-state index in [1.807, 2.05) is 55.5 Å². The Morgan fingerprint density at radius 3 is 2.38 bits per heavy atom. The summed E-state index contributed by atoms with van der Waals surface area (Å²) in [6.45, 7) is 5.16. The maximum atomic E-state index is 13.2. The number of carbonyl (C=O) groups excluding carboxylic acids is 2. The van der Waals surface area contributed by atoms with E-state index in [2.05, 4.69) is 12.2 Å². The van der Waals surface area contributed by atoms with Crippen molar-refractivity contribution < 1.29 is 9.59 Å². The molecule has 2 rings (SSSR count). The number of nitrogens with zero attached hydrogens (tertiary/aromatic N) is 1. The summed E-state index contributed by atoms with van der Waals surface area (Å²) in [5.41, 5.74) is 1.93. The van der Waals surface area contributed by atoms with Crippen LogP contribution in [0.3, 0.4) is 0 Å². The molecule has 0 heterocycles. The Bertz CT molecular complexity index is 779. The summed E-state index contributed by atoms with van der Waals surface area (Å²) in [5, 5.41) is 3.56. The normalized spacial score (nSPS) is 11.7. The van der Waals surface area contributed by atoms with Crippen LogP contribution in [0.15, 0.2) is 54.6 Å². The van der Waals surface area contributed by atoms with E-state index in [1.54, 1.807) is 11.0 Å². The van der Waals surface area contributed by atoms with Crippen LogP contribution in [0.25, 0.3) is 0 Å². The van der Waals surface area contributed by atoms with Gasteiger partial charge in [0.25, 0.3) is 0 Å². The first kappa shape index (κ1) is 23.0. The van der Waals surface area contributed by atoms with Crippen molar-refractivity contribution >= 4 is 23.4 Å². The molecule has 2 aromatic carbocycles. The topological polar surface area (TPSA) is 49.4 Å². The lowest BCUT2D eigenvalue weighted by molar-refractivity contribution is -0.140. The van der Waals surface area contributed by atoms with Gasteiger partial charge in [0.15, 0.2) is 0 Å². The zero-order valence-electron chi connectivity index (χ0n) is 17.4. The molecule has 0 aromatic heterocycles. The molecule has 0 aliphatic heterocycles. The quantitative estimate of drug-likeness (QED) is 0.544. The fraction of sp³-hybridized carbons (Fsp3) is 0.417. The van der Waals surface area contributed by atoms with Crippen LogP contribution in [0.2, 0.25) is 5.02 Å². The van der Waals surface area contributed by atoms with Gasteiger partial charge in [-0.2, -0.15) is 0 Å². The molecule has 5 heteroatoms. The number of nitrogens with one attached hydrogen (secondary N) is 1. The van der Waals surface area contributed by atoms with Crippen LogP contribution in [0.4, 0.5) is 0 Å². The van der Waals surface area contributed by atoms with Gasteiger partial charge >= 0.3 is 0 Å². The molecule has 0 saturated heterocycles. The summed E-state index contributed by atoms with van der Waals surface area (Å²) in [4.78, 5) is 27.7. The van der Waals surface area contributed by atoms with Gasteiger partial charge in [-0.15, -0.1) is 0 Å². The van der Waals surface area contributed by atoms with Gasteiger partial charge in [0.05, 0.1) is 6.42 Å². The van der Waals surface area contributed by atoms with Crippen molar-refractivity contribution in [1.29, 1.82) is 0 Å². The number of hydrogen-bond acceptors (Lipinski definition) is 2. The first-order chi connectivity index (χ1) is 14.1. The predicted molar refractivity (Wildman–Crippen MR) is 119 cm³/mol. The second-order valence-electron chi connectivity index (χ2n) is 7.16. The molecule has 0 fully saturated rings. The fourth-order valence-electron chi connectivity index (χ4n) is 3.31. The zero-order valence-corrected chi connectivity index (χ0v) is 18.1. The van der Waals surface area contributed by atoms with Crippen molar-refractivity contribution in [3.63, 3.8) is 0 Å². The van der Waals surface area contributed by atoms with Gasteiger partial charge in [0.2, 0.25) is 11.8 Å². The maximum Gasteiger partial charge on any atom is 0.242 e. The van der Waals surface area contributed by atoms with Gasteiger partial charge in [-0.1, -0.05) is 80.4 Å². The molecule has 0 saturated carbocycles. The van der Waals surface area contributed by atoms with Gasteiger partial charge in [-0.3, -0.25) is 9.59 Å². The van der Waals surface area contributed by atoms with Gasteiger partial charge in [0, 0.05) is 18.1 Å². The summed E-state index contributed by atoms with van der Waals surface area (Å²) in [6, 6.07) is 16.9. The molecule has 1 N–H and O–H groups in total. The van der Waals surface area contributed by atoms with Gasteiger partial charge < -0.3 is 10.2 Å². The summed E-state index contributed by atoms with van der Waals surface area (Å²) in [5.74, 6) is -0.159. The summed E-state index contributed by atoms with van der Waals surface area (Å²) in [7, 11) is 0. The molecule has 0 aliphatic rings. The second-order valence-corrected chi connectivity index (χ2v) is 7.57. The zero-order chi connectivity index (χ0) is 21.1. The number of benzene rings is 2. The van der Waals surface area contributed by atoms with E-state index in [-0.39, 0.29) is 18.2 Å². The van der Waals surface area contributed by atoms with Crippen LogP contribution in [0, 0.1) is 0 Å². The molecule has 0 spiro atoms. The average Bonchev–Trinajstić information content (AvgIpc) is 2.73. The van der Waals surface area contributed by atoms with Crippen LogP contribution >= 0.6 is 11.6 Å². The molecular weight excluding hydrogens is 384 g/mol. The average molecular weight is 415 g/mol. The van der Waals surface area contributed by atoms with Crippen molar-refractivity contribution in [2.24, 2.45) is 0 Å². The highest BCUT2D eigenvalue weighted by atomic mass is 35.5. The molecule has 0 unspecified atom stereocenters. The van der Waals surface area contributed by atoms with Crippen molar-refractivity contribution in [3.8, 4) is 0 Å². The lowest BCUT2D eigenvalue weighted by atomic mass is 10.1. The van der Waals surface area contributed by atoms with E-state index >= 15 is 0 Å². The third kappa shape index (κ3) is 7.21. The number of rotatable bonds is 11. The van der Waals surface area contributed by atoms with E-state index in [0.717, 1.165) is 24.0 Å². The number of amides is 2. The number of hydrogen-bond donors (Lipinski definition) is 1. The molecule has 4 nitrogen and oxygen atoms in total. The van der Waals surface area contributed by atoms with Crippen molar-refractivity contribution in [2.45, 2.75) is 52.0 Å². The van der Waals surface area contributed by atoms with Crippen molar-refractivity contribution in [2.75, 3.05) is 13.1 Å². The highest BCUT2D eigenvalue weighted by Crippen LogP contribution is 2.18. The molecule has 29 heavy (non-hydrogen) atoms. The first-order valence-electron chi connectivity index (χ1n) is 10.4. The first-order valence-corrected chi connectivity index (χ1v) is 10.8. The van der Waals surface area contributed by atoms with E-state index < -0.39 is 6.04 Å². The minimum absolute atomic E-state index is 0.0773. The van der Waals surface area contributed by atoms with E-state index in [0.29, 0.717) is 31.0 Å². The van der Waals surface area contributed by atoms with Crippen LogP contribution in [-0.4, -0.2) is 35.8 Å². The van der Waals surface area contributed by atoms with Gasteiger partial charge in [0.1, 0.15) is 6.04 Å². The minimum Gasteiger partial charge on any atom is -0.354 e. The molecule has 156 valence electrons. The summed E-state index contributed by atoms with van der Waals surface area (Å²) in [6.07, 6.45) is 3.40. The smallest absolute Gasteiger partial charge is 0.242 e. The Morgan fingerprint density at radius 1 is 1.03 bits per heavy atom. The van der Waals surface area contributed by atoms with Crippen molar-refractivity contribution in [3.05, 3.63) is 70.7 Å². The maximum absolute atomic E-state index is 13.2. The Kier molecular flexibility index (Phi) is 9.72. The molecule has 2 aromatic rings. The largest absolute Gasteiger partial charge is 0.354 e. The molecule has 2 amide bonds. The molecular formula is C24H31ClN2O2. The van der Waals surface area contributed by atoms with Crippen LogP contribution in [0.1, 0.15) is 44.2 Å². The van der Waals surface area contributed by atoms with E-state index in [1.165, 1.54) is 0 Å². The molecule has 0 aliphatic carbocycles. The number of carbonyl (C=O) groups is 2. The Morgan fingerprint density at radius 2 is 1.72 bits per heavy atom. The number of halogens is 1. The standard InChI is InChI=1S/C24H31ClN2O2/c1-3-5-16-26-24(29)22(4-2)27(17-15-19-11-7-6-8-12-19)23(28)18-20-13-9-10-14-21(20)25/h6-14,22H,3-5,15-18H2,1-2H3,(H,26,29)/t22-/m1/s1. The van der Waals surface area contributed by atoms with Crippen LogP contribution in [-0.2, 0) is 22.4 Å². The summed E-state index contributed by atoms with van der Waals surface area (Å²) < 4.78 is 0. The van der Waals surface area contributed by atoms with E-state index in [9.17, 15) is 9.59 Å². The van der Waals surface area contributed by atoms with Crippen LogP contribution < -0.4 is 5.32 Å². The van der Waals surface area contributed by atoms with Crippen LogP contribution in [0.5, 0.6) is 0 Å². The Balaban J connectivity index is 2.17.